The van der Waals surface area contributed by atoms with Crippen LogP contribution in [0.2, 0.25) is 0 Å². The number of benzene rings is 2. The molecule has 2 N–H and O–H groups in total. The largest absolute Gasteiger partial charge is 0.354 e. The van der Waals surface area contributed by atoms with E-state index >= 15 is 0 Å². The number of nitrogens with zero attached hydrogens (tertiary/aromatic N) is 2. The number of H-pyrrole nitrogens is 2. The molecule has 4 nitrogen and oxygen atoms in total. The molecule has 2 aliphatic rings. The van der Waals surface area contributed by atoms with Crippen LogP contribution in [0, 0.1) is 13.8 Å². The third-order valence-corrected chi connectivity index (χ3v) is 13.7. The Kier molecular flexibility index (Phi) is 13.4. The van der Waals surface area contributed by atoms with E-state index in [9.17, 15) is 0 Å². The number of alkyl halides is 2. The second-order valence-corrected chi connectivity index (χ2v) is 17.7. The number of unbranched alkanes of at least 4 members (excludes halogenated alkanes) is 2. The van der Waals surface area contributed by atoms with Crippen LogP contribution in [-0.2, 0) is 25.7 Å². The molecule has 0 fully saturated rings. The monoisotopic (exact) mass is 898 g/mol. The number of halogens is 2. The number of nitrogens with one attached hydrogen (secondary N) is 2. The van der Waals surface area contributed by atoms with Gasteiger partial charge in [0.05, 0.1) is 33.8 Å². The number of allylic oxidation sites excluding steroid dienone is 4. The van der Waals surface area contributed by atoms with Crippen molar-refractivity contribution in [1.82, 2.24) is 19.9 Å². The van der Waals surface area contributed by atoms with Crippen LogP contribution in [0.1, 0.15) is 136 Å². The lowest BCUT2D eigenvalue weighted by Gasteiger charge is -2.12. The molecule has 2 aromatic carbocycles. The van der Waals surface area contributed by atoms with Gasteiger partial charge in [-0.05, 0) is 171 Å². The van der Waals surface area contributed by atoms with Crippen molar-refractivity contribution in [3.8, 4) is 22.3 Å². The molecule has 0 aliphatic carbocycles. The summed E-state index contributed by atoms with van der Waals surface area (Å²) >= 11 is 7.28. The normalized spacial score (nSPS) is 13.0. The van der Waals surface area contributed by atoms with Crippen molar-refractivity contribution in [3.63, 3.8) is 0 Å². The van der Waals surface area contributed by atoms with Crippen LogP contribution in [0.5, 0.6) is 0 Å². The van der Waals surface area contributed by atoms with E-state index in [0.717, 1.165) is 108 Å². The van der Waals surface area contributed by atoms with Crippen molar-refractivity contribution in [2.75, 3.05) is 10.7 Å². The van der Waals surface area contributed by atoms with Crippen molar-refractivity contribution < 1.29 is 0 Å². The molecule has 58 heavy (non-hydrogen) atoms. The Morgan fingerprint density at radius 2 is 0.948 bits per heavy atom. The summed E-state index contributed by atoms with van der Waals surface area (Å²) in [6.45, 7) is 18.3. The SMILES string of the molecule is CCC1=C(C)c2nc1cc1[nH]c(c(C)c1CC)c(-c1cccc(CCCCBr)c1)c1[nH]c(cc3nc(c2-c2cccc(CCCCBr)c2)C(C)=C3CC)c(CC)c1C. The van der Waals surface area contributed by atoms with E-state index in [-0.39, 0.29) is 0 Å². The first-order chi connectivity index (χ1) is 28.2. The standard InChI is InChI=1S/C52H60Br2N4/c1-9-39-31(5)49-47(37-23-17-21-35(27-37)19-13-15-25-53)50-33(7)41(11-3)45(57-50)30-46-42(12-4)34(8)52(58-46)48(38-24-18-22-36(28-38)20-14-16-26-54)51-32(6)40(10-2)44(56-51)29-43(39)55-49/h17-18,21-24,27-30,55,57H,9-16,19-20,25-26H2,1-8H3. The highest BCUT2D eigenvalue weighted by Gasteiger charge is 2.27. The van der Waals surface area contributed by atoms with Gasteiger partial charge < -0.3 is 9.97 Å². The van der Waals surface area contributed by atoms with Crippen molar-refractivity contribution >= 4 is 76.2 Å². The summed E-state index contributed by atoms with van der Waals surface area (Å²) in [5.74, 6) is 0. The van der Waals surface area contributed by atoms with E-state index in [1.807, 2.05) is 0 Å². The quantitative estimate of drug-likeness (QED) is 0.0862. The van der Waals surface area contributed by atoms with Crippen LogP contribution in [0.25, 0.3) is 66.6 Å². The van der Waals surface area contributed by atoms with Gasteiger partial charge in [-0.15, -0.1) is 0 Å². The number of hydrogen-bond donors (Lipinski definition) is 2. The smallest absolute Gasteiger partial charge is 0.0769 e. The van der Waals surface area contributed by atoms with E-state index in [2.05, 4.69) is 158 Å². The zero-order valence-electron chi connectivity index (χ0n) is 35.9. The minimum atomic E-state index is 0.897. The molecule has 302 valence electrons. The van der Waals surface area contributed by atoms with Gasteiger partial charge in [-0.2, -0.15) is 0 Å². The van der Waals surface area contributed by atoms with E-state index < -0.39 is 0 Å². The van der Waals surface area contributed by atoms with Gasteiger partial charge in [-0.3, -0.25) is 0 Å². The van der Waals surface area contributed by atoms with Gasteiger partial charge in [-0.25, -0.2) is 9.97 Å². The molecule has 0 amide bonds. The zero-order chi connectivity index (χ0) is 41.1. The number of fused-ring (bicyclic) bond motifs is 8. The highest BCUT2D eigenvalue weighted by molar-refractivity contribution is 9.09. The predicted octanol–water partition coefficient (Wildman–Crippen LogP) is 15.5. The molecule has 5 aromatic rings. The summed E-state index contributed by atoms with van der Waals surface area (Å²) in [6.07, 6.45) is 10.4. The minimum Gasteiger partial charge on any atom is -0.354 e. The van der Waals surface area contributed by atoms with Crippen LogP contribution in [0.4, 0.5) is 0 Å². The lowest BCUT2D eigenvalue weighted by atomic mass is 9.92. The number of rotatable bonds is 14. The van der Waals surface area contributed by atoms with Crippen LogP contribution in [0.3, 0.4) is 0 Å². The molecule has 0 atom stereocenters. The molecule has 5 heterocycles. The highest BCUT2D eigenvalue weighted by Crippen LogP contribution is 2.44. The molecule has 7 rings (SSSR count). The molecule has 0 saturated carbocycles. The Bertz CT molecular complexity index is 2460. The van der Waals surface area contributed by atoms with E-state index in [1.54, 1.807) is 0 Å². The van der Waals surface area contributed by atoms with Crippen molar-refractivity contribution in [3.05, 3.63) is 117 Å². The Labute approximate surface area is 363 Å². The molecule has 0 spiro atoms. The Hall–Kier alpha value is -4.00. The van der Waals surface area contributed by atoms with Gasteiger partial charge in [0.2, 0.25) is 0 Å². The molecule has 0 unspecified atom stereocenters. The summed E-state index contributed by atoms with van der Waals surface area (Å²) in [5.41, 5.74) is 26.7. The summed E-state index contributed by atoms with van der Waals surface area (Å²) in [6, 6.07) is 23.1. The average Bonchev–Trinajstić information content (AvgIpc) is 3.91. The number of aryl methyl sites for hydroxylation is 6. The molecular weight excluding hydrogens is 840 g/mol. The molecule has 0 radical (unpaired) electrons. The maximum atomic E-state index is 5.63. The second kappa shape index (κ2) is 18.5. The maximum absolute atomic E-state index is 5.63. The summed E-state index contributed by atoms with van der Waals surface area (Å²) in [4.78, 5) is 19.4. The number of aromatic nitrogens is 4. The third kappa shape index (κ3) is 8.00. The first kappa shape index (κ1) is 42.1. The first-order valence-corrected chi connectivity index (χ1v) is 23.9. The van der Waals surface area contributed by atoms with E-state index in [1.165, 1.54) is 89.8 Å². The number of hydrogen-bond acceptors (Lipinski definition) is 2. The van der Waals surface area contributed by atoms with Gasteiger partial charge >= 0.3 is 0 Å². The summed E-state index contributed by atoms with van der Waals surface area (Å²) in [7, 11) is 0. The van der Waals surface area contributed by atoms with Gasteiger partial charge in [0.1, 0.15) is 0 Å². The van der Waals surface area contributed by atoms with Gasteiger partial charge in [0.15, 0.2) is 0 Å². The Balaban J connectivity index is 1.66. The molecule has 8 bridgehead atoms. The topological polar surface area (TPSA) is 57.4 Å². The highest BCUT2D eigenvalue weighted by atomic mass is 79.9. The molecular formula is C52H60Br2N4. The molecule has 2 aliphatic heterocycles. The van der Waals surface area contributed by atoms with Crippen molar-refractivity contribution in [1.29, 1.82) is 0 Å². The lowest BCUT2D eigenvalue weighted by molar-refractivity contribution is 0.806. The first-order valence-electron chi connectivity index (χ1n) is 21.7. The van der Waals surface area contributed by atoms with Crippen LogP contribution < -0.4 is 0 Å². The third-order valence-electron chi connectivity index (χ3n) is 12.6. The average molecular weight is 901 g/mol. The van der Waals surface area contributed by atoms with Gasteiger partial charge in [-0.1, -0.05) is 108 Å². The Morgan fingerprint density at radius 3 is 1.34 bits per heavy atom. The predicted molar refractivity (Wildman–Crippen MR) is 259 cm³/mol. The maximum Gasteiger partial charge on any atom is 0.0769 e. The van der Waals surface area contributed by atoms with E-state index in [0.29, 0.717) is 0 Å². The minimum absolute atomic E-state index is 0.897. The fraction of sp³-hybridized carbons (Fsp3) is 0.385. The van der Waals surface area contributed by atoms with Gasteiger partial charge in [0, 0.05) is 32.8 Å². The van der Waals surface area contributed by atoms with Gasteiger partial charge in [0.25, 0.3) is 0 Å². The number of aromatic amines is 2. The fourth-order valence-corrected chi connectivity index (χ4v) is 10.3. The summed E-state index contributed by atoms with van der Waals surface area (Å²) in [5, 5.41) is 2.07. The van der Waals surface area contributed by atoms with Crippen LogP contribution in [-0.4, -0.2) is 30.6 Å². The van der Waals surface area contributed by atoms with Crippen molar-refractivity contribution in [2.24, 2.45) is 0 Å². The van der Waals surface area contributed by atoms with E-state index in [4.69, 9.17) is 9.97 Å². The fourth-order valence-electron chi connectivity index (χ4n) is 9.49. The lowest BCUT2D eigenvalue weighted by Crippen LogP contribution is -1.95. The molecule has 6 heteroatoms. The van der Waals surface area contributed by atoms with Crippen LogP contribution >= 0.6 is 31.9 Å². The van der Waals surface area contributed by atoms with Crippen LogP contribution in [0.15, 0.2) is 60.7 Å². The zero-order valence-corrected chi connectivity index (χ0v) is 39.1. The summed E-state index contributed by atoms with van der Waals surface area (Å²) < 4.78 is 0. The Morgan fingerprint density at radius 1 is 0.517 bits per heavy atom. The second-order valence-electron chi connectivity index (χ2n) is 16.1. The molecule has 0 saturated heterocycles. The molecule has 3 aromatic heterocycles. The van der Waals surface area contributed by atoms with Crippen molar-refractivity contribution in [2.45, 2.75) is 120 Å².